The highest BCUT2D eigenvalue weighted by atomic mass is 16.3. The first-order chi connectivity index (χ1) is 12.8. The summed E-state index contributed by atoms with van der Waals surface area (Å²) in [6, 6.07) is 27.9. The molecule has 0 saturated carbocycles. The van der Waals surface area contributed by atoms with Crippen LogP contribution in [-0.2, 0) is 6.42 Å². The summed E-state index contributed by atoms with van der Waals surface area (Å²) >= 11 is 0. The Balaban J connectivity index is 1.48. The van der Waals surface area contributed by atoms with Gasteiger partial charge in [-0.05, 0) is 47.4 Å². The van der Waals surface area contributed by atoms with Crippen molar-refractivity contribution >= 4 is 0 Å². The molecule has 3 aromatic rings. The van der Waals surface area contributed by atoms with Gasteiger partial charge in [0.1, 0.15) is 0 Å². The van der Waals surface area contributed by atoms with Crippen LogP contribution in [0.5, 0.6) is 0 Å². The lowest BCUT2D eigenvalue weighted by molar-refractivity contribution is 0.175. The van der Waals surface area contributed by atoms with Crippen LogP contribution in [0.15, 0.2) is 78.9 Å². The molecule has 2 N–H and O–H groups in total. The number of nitriles is 1. The molecule has 0 aliphatic rings. The summed E-state index contributed by atoms with van der Waals surface area (Å²) in [7, 11) is 0. The summed E-state index contributed by atoms with van der Waals surface area (Å²) in [5, 5.41) is 22.3. The Kier molecular flexibility index (Phi) is 6.16. The second-order valence-electron chi connectivity index (χ2n) is 6.27. The van der Waals surface area contributed by atoms with Crippen molar-refractivity contribution < 1.29 is 5.11 Å². The molecule has 0 aliphatic carbocycles. The fourth-order valence-corrected chi connectivity index (χ4v) is 2.87. The van der Waals surface area contributed by atoms with Gasteiger partial charge in [0.15, 0.2) is 0 Å². The fourth-order valence-electron chi connectivity index (χ4n) is 2.87. The van der Waals surface area contributed by atoms with Crippen molar-refractivity contribution in [2.45, 2.75) is 12.5 Å². The predicted octanol–water partition coefficient (Wildman–Crippen LogP) is 4.09. The highest BCUT2D eigenvalue weighted by molar-refractivity contribution is 5.64. The molecule has 3 heteroatoms. The predicted molar refractivity (Wildman–Crippen MR) is 105 cm³/mol. The third-order valence-electron chi connectivity index (χ3n) is 4.41. The summed E-state index contributed by atoms with van der Waals surface area (Å²) in [5.74, 6) is 0. The maximum absolute atomic E-state index is 10.1. The van der Waals surface area contributed by atoms with Crippen LogP contribution in [0.2, 0.25) is 0 Å². The number of benzene rings is 3. The molecule has 0 fully saturated rings. The number of nitrogens with zero attached hydrogens (tertiary/aromatic N) is 1. The van der Waals surface area contributed by atoms with Gasteiger partial charge in [-0.15, -0.1) is 0 Å². The van der Waals surface area contributed by atoms with Gasteiger partial charge in [-0.2, -0.15) is 5.26 Å². The third-order valence-corrected chi connectivity index (χ3v) is 4.41. The third kappa shape index (κ3) is 4.80. The molecule has 0 saturated heterocycles. The molecule has 1 atom stereocenters. The van der Waals surface area contributed by atoms with Crippen molar-refractivity contribution in [3.8, 4) is 17.2 Å². The number of nitrogens with one attached hydrogen (secondary N) is 1. The maximum atomic E-state index is 10.1. The largest absolute Gasteiger partial charge is 0.387 e. The SMILES string of the molecule is N#Cc1ccc(-c2ccc(CCNC[C@H](O)c3ccccc3)cc2)cc1. The highest BCUT2D eigenvalue weighted by Gasteiger charge is 2.05. The summed E-state index contributed by atoms with van der Waals surface area (Å²) < 4.78 is 0. The van der Waals surface area contributed by atoms with E-state index in [2.05, 4.69) is 35.7 Å². The maximum Gasteiger partial charge on any atom is 0.0991 e. The molecule has 3 rings (SSSR count). The zero-order chi connectivity index (χ0) is 18.2. The molecule has 0 aliphatic heterocycles. The standard InChI is InChI=1S/C23H22N2O/c24-16-19-8-12-21(13-9-19)20-10-6-18(7-11-20)14-15-25-17-23(26)22-4-2-1-3-5-22/h1-13,23,25-26H,14-15,17H2/t23-/m0/s1. The van der Waals surface area contributed by atoms with Gasteiger partial charge in [-0.1, -0.05) is 66.7 Å². The van der Waals surface area contributed by atoms with Crippen LogP contribution < -0.4 is 5.32 Å². The molecule has 0 bridgehead atoms. The van der Waals surface area contributed by atoms with E-state index in [9.17, 15) is 5.11 Å². The summed E-state index contributed by atoms with van der Waals surface area (Å²) in [6.07, 6.45) is 0.435. The van der Waals surface area contributed by atoms with E-state index in [1.54, 1.807) is 0 Å². The van der Waals surface area contributed by atoms with Crippen LogP contribution in [0.1, 0.15) is 22.8 Å². The lowest BCUT2D eigenvalue weighted by Crippen LogP contribution is -2.23. The average molecular weight is 342 g/mol. The van der Waals surface area contributed by atoms with Gasteiger partial charge in [0.05, 0.1) is 17.7 Å². The Morgan fingerprint density at radius 2 is 1.46 bits per heavy atom. The molecule has 0 amide bonds. The lowest BCUT2D eigenvalue weighted by atomic mass is 10.0. The molecule has 130 valence electrons. The number of aliphatic hydroxyl groups excluding tert-OH is 1. The second-order valence-corrected chi connectivity index (χ2v) is 6.27. The lowest BCUT2D eigenvalue weighted by Gasteiger charge is -2.12. The minimum absolute atomic E-state index is 0.477. The van der Waals surface area contributed by atoms with Gasteiger partial charge in [-0.3, -0.25) is 0 Å². The summed E-state index contributed by atoms with van der Waals surface area (Å²) in [4.78, 5) is 0. The molecule has 0 heterocycles. The van der Waals surface area contributed by atoms with Gasteiger partial charge in [-0.25, -0.2) is 0 Å². The molecule has 0 radical (unpaired) electrons. The van der Waals surface area contributed by atoms with Gasteiger partial charge in [0, 0.05) is 6.54 Å². The van der Waals surface area contributed by atoms with Crippen LogP contribution in [0.3, 0.4) is 0 Å². The molecule has 26 heavy (non-hydrogen) atoms. The zero-order valence-electron chi connectivity index (χ0n) is 14.6. The minimum atomic E-state index is -0.477. The molecular weight excluding hydrogens is 320 g/mol. The van der Waals surface area contributed by atoms with Crippen molar-refractivity contribution in [3.05, 3.63) is 95.6 Å². The molecule has 0 aromatic heterocycles. The van der Waals surface area contributed by atoms with Crippen LogP contribution in [0.4, 0.5) is 0 Å². The quantitative estimate of drug-likeness (QED) is 0.636. The Morgan fingerprint density at radius 3 is 2.08 bits per heavy atom. The van der Waals surface area contributed by atoms with Crippen LogP contribution in [0, 0.1) is 11.3 Å². The molecule has 0 unspecified atom stereocenters. The molecule has 0 spiro atoms. The van der Waals surface area contributed by atoms with E-state index in [1.165, 1.54) is 5.56 Å². The minimum Gasteiger partial charge on any atom is -0.387 e. The van der Waals surface area contributed by atoms with E-state index in [0.29, 0.717) is 12.1 Å². The van der Waals surface area contributed by atoms with Crippen LogP contribution in [0.25, 0.3) is 11.1 Å². The first kappa shape index (κ1) is 17.9. The van der Waals surface area contributed by atoms with Gasteiger partial charge in [0.25, 0.3) is 0 Å². The Bertz CT molecular complexity index is 849. The fraction of sp³-hybridized carbons (Fsp3) is 0.174. The average Bonchev–Trinajstić information content (AvgIpc) is 2.72. The van der Waals surface area contributed by atoms with Gasteiger partial charge >= 0.3 is 0 Å². The number of rotatable bonds is 7. The number of hydrogen-bond donors (Lipinski definition) is 2. The highest BCUT2D eigenvalue weighted by Crippen LogP contribution is 2.20. The second kappa shape index (κ2) is 8.96. The Labute approximate surface area is 154 Å². The topological polar surface area (TPSA) is 56.0 Å². The Hall–Kier alpha value is -2.93. The normalized spacial score (nSPS) is 11.7. The first-order valence-electron chi connectivity index (χ1n) is 8.79. The van der Waals surface area contributed by atoms with E-state index in [4.69, 9.17) is 5.26 Å². The molecule has 3 aromatic carbocycles. The Morgan fingerprint density at radius 1 is 0.846 bits per heavy atom. The number of aliphatic hydroxyl groups is 1. The van der Waals surface area contributed by atoms with E-state index < -0.39 is 6.10 Å². The van der Waals surface area contributed by atoms with E-state index in [-0.39, 0.29) is 0 Å². The smallest absolute Gasteiger partial charge is 0.0991 e. The van der Waals surface area contributed by atoms with Gasteiger partial charge in [0.2, 0.25) is 0 Å². The van der Waals surface area contributed by atoms with E-state index in [1.807, 2.05) is 54.6 Å². The van der Waals surface area contributed by atoms with Crippen LogP contribution >= 0.6 is 0 Å². The van der Waals surface area contributed by atoms with E-state index >= 15 is 0 Å². The zero-order valence-corrected chi connectivity index (χ0v) is 14.6. The monoisotopic (exact) mass is 342 g/mol. The number of hydrogen-bond acceptors (Lipinski definition) is 3. The van der Waals surface area contributed by atoms with Crippen molar-refractivity contribution in [3.63, 3.8) is 0 Å². The van der Waals surface area contributed by atoms with Crippen LogP contribution in [-0.4, -0.2) is 18.2 Å². The van der Waals surface area contributed by atoms with Crippen molar-refractivity contribution in [1.82, 2.24) is 5.32 Å². The van der Waals surface area contributed by atoms with Crippen molar-refractivity contribution in [2.75, 3.05) is 13.1 Å². The van der Waals surface area contributed by atoms with Gasteiger partial charge < -0.3 is 10.4 Å². The van der Waals surface area contributed by atoms with E-state index in [0.717, 1.165) is 29.7 Å². The first-order valence-corrected chi connectivity index (χ1v) is 8.79. The van der Waals surface area contributed by atoms with Crippen molar-refractivity contribution in [2.24, 2.45) is 0 Å². The van der Waals surface area contributed by atoms with Crippen molar-refractivity contribution in [1.29, 1.82) is 5.26 Å². The summed E-state index contributed by atoms with van der Waals surface area (Å²) in [5.41, 5.74) is 5.12. The summed E-state index contributed by atoms with van der Waals surface area (Å²) in [6.45, 7) is 1.37. The molecule has 3 nitrogen and oxygen atoms in total. The molecular formula is C23H22N2O.